The van der Waals surface area contributed by atoms with E-state index in [4.69, 9.17) is 9.05 Å². The van der Waals surface area contributed by atoms with Crippen molar-refractivity contribution >= 4 is 63.5 Å². The first-order valence-electron chi connectivity index (χ1n) is 21.4. The maximum atomic E-state index is 14.0. The summed E-state index contributed by atoms with van der Waals surface area (Å²) in [4.78, 5) is 54.6. The first-order valence-corrected chi connectivity index (χ1v) is 22.9. The predicted molar refractivity (Wildman–Crippen MR) is 253 cm³/mol. The molecule has 2 aliphatic rings. The van der Waals surface area contributed by atoms with Crippen LogP contribution < -0.4 is 19.3 Å². The van der Waals surface area contributed by atoms with Crippen LogP contribution in [0.15, 0.2) is 146 Å². The average molecular weight is 866 g/mol. The number of unbranched alkanes of at least 4 members (excludes halogenated alkanes) is 1. The molecule has 8 aromatic carbocycles. The smallest absolute Gasteiger partial charge is 0.394 e. The van der Waals surface area contributed by atoms with Gasteiger partial charge in [-0.3, -0.25) is 24.2 Å². The second-order valence-corrected chi connectivity index (χ2v) is 17.8. The second-order valence-electron chi connectivity index (χ2n) is 16.5. The number of hydrogen-bond acceptors (Lipinski definition) is 7. The lowest BCUT2D eigenvalue weighted by molar-refractivity contribution is -0.121. The number of fused-ring (bicyclic) bond motifs is 7. The minimum Gasteiger partial charge on any atom is -0.394 e. The number of hydrogen-bond donors (Lipinski definition) is 2. The highest BCUT2D eigenvalue weighted by Gasteiger charge is 2.38. The number of phosphoric ester groups is 1. The van der Waals surface area contributed by atoms with E-state index in [9.17, 15) is 23.8 Å². The Labute approximate surface area is 370 Å². The lowest BCUT2D eigenvalue weighted by atomic mass is 9.86. The Morgan fingerprint density at radius 1 is 0.641 bits per heavy atom. The van der Waals surface area contributed by atoms with Crippen LogP contribution in [0.25, 0.3) is 65.7 Å². The SMILES string of the molecule is CN(C)c1ccc2c3c(cccc13)C(=O)N(CCNC(=O)CCCCc1ccc3c4c(c(-c5ccccc5)cc3c1)OP(=O)(O)Oc1c(-c3ccccc3)cc3ccccc3c1-4)C2=O. The standard InChI is InChI=1S/C53H44N3O7P/c1-55(2)45-27-26-42-47-40(45)21-13-22-41(47)52(58)56(53(42)59)29-28-54-46(57)23-12-9-14-33-24-25-39-37(30-33)32-44(35-17-7-4-8-18-35)51-49(39)48-38-20-11-10-19-36(38)31-43(34-15-5-3-6-16-34)50(48)62-64(60,61)63-51/h3-8,10-11,13,15-22,24-27,30-32H,9,12,14,23,28-29H2,1-2H3,(H,54,57)(H,60,61). The summed E-state index contributed by atoms with van der Waals surface area (Å²) in [5.41, 5.74) is 7.30. The van der Waals surface area contributed by atoms with Gasteiger partial charge in [0.15, 0.2) is 0 Å². The number of imide groups is 1. The molecule has 10 nitrogen and oxygen atoms in total. The van der Waals surface area contributed by atoms with Gasteiger partial charge in [0.1, 0.15) is 11.5 Å². The summed E-state index contributed by atoms with van der Waals surface area (Å²) in [5.74, 6) is -0.321. The molecule has 318 valence electrons. The van der Waals surface area contributed by atoms with Gasteiger partial charge in [0.05, 0.1) is 0 Å². The Hall–Kier alpha value is -7.26. The van der Waals surface area contributed by atoms with E-state index in [0.717, 1.165) is 55.7 Å². The third-order valence-corrected chi connectivity index (χ3v) is 13.0. The fourth-order valence-corrected chi connectivity index (χ4v) is 10.1. The van der Waals surface area contributed by atoms with Crippen LogP contribution in [0.3, 0.4) is 0 Å². The van der Waals surface area contributed by atoms with Crippen molar-refractivity contribution in [3.63, 3.8) is 0 Å². The molecule has 2 N–H and O–H groups in total. The fourth-order valence-electron chi connectivity index (χ4n) is 9.26. The number of nitrogens with zero attached hydrogens (tertiary/aromatic N) is 2. The third kappa shape index (κ3) is 7.34. The van der Waals surface area contributed by atoms with E-state index in [1.807, 2.05) is 140 Å². The van der Waals surface area contributed by atoms with Gasteiger partial charge in [-0.15, -0.1) is 0 Å². The van der Waals surface area contributed by atoms with Gasteiger partial charge in [-0.2, -0.15) is 0 Å². The number of phosphoric acid groups is 1. The summed E-state index contributed by atoms with van der Waals surface area (Å²) in [6.45, 7) is 0.225. The van der Waals surface area contributed by atoms with E-state index in [1.54, 1.807) is 12.1 Å². The third-order valence-electron chi connectivity index (χ3n) is 12.2. The molecular weight excluding hydrogens is 822 g/mol. The van der Waals surface area contributed by atoms with E-state index in [-0.39, 0.29) is 42.3 Å². The van der Waals surface area contributed by atoms with Crippen LogP contribution >= 0.6 is 7.82 Å². The van der Waals surface area contributed by atoms with Gasteiger partial charge < -0.3 is 19.3 Å². The molecule has 0 spiro atoms. The Bertz CT molecular complexity index is 3220. The van der Waals surface area contributed by atoms with E-state index in [1.165, 1.54) is 4.90 Å². The molecule has 2 heterocycles. The number of anilines is 1. The number of benzene rings is 8. The molecule has 64 heavy (non-hydrogen) atoms. The molecule has 0 saturated heterocycles. The van der Waals surface area contributed by atoms with E-state index in [2.05, 4.69) is 17.4 Å². The Balaban J connectivity index is 0.894. The van der Waals surface area contributed by atoms with Crippen molar-refractivity contribution in [3.05, 3.63) is 162 Å². The summed E-state index contributed by atoms with van der Waals surface area (Å²) < 4.78 is 26.2. The highest BCUT2D eigenvalue weighted by atomic mass is 31.2. The summed E-state index contributed by atoms with van der Waals surface area (Å²) >= 11 is 0. The van der Waals surface area contributed by atoms with Crippen molar-refractivity contribution in [1.82, 2.24) is 10.2 Å². The quantitative estimate of drug-likeness (QED) is 0.0748. The molecule has 0 aliphatic carbocycles. The first kappa shape index (κ1) is 40.8. The summed E-state index contributed by atoms with van der Waals surface area (Å²) in [5, 5.41) is 7.99. The van der Waals surface area contributed by atoms with Crippen LogP contribution in [0, 0.1) is 0 Å². The number of nitrogens with one attached hydrogen (secondary N) is 1. The molecule has 8 aromatic rings. The summed E-state index contributed by atoms with van der Waals surface area (Å²) in [6, 6.07) is 46.8. The molecule has 0 saturated carbocycles. The van der Waals surface area contributed by atoms with Crippen molar-refractivity contribution in [3.8, 4) is 44.9 Å². The van der Waals surface area contributed by atoms with Gasteiger partial charge in [-0.1, -0.05) is 115 Å². The van der Waals surface area contributed by atoms with E-state index < -0.39 is 7.82 Å². The highest BCUT2D eigenvalue weighted by molar-refractivity contribution is 7.48. The van der Waals surface area contributed by atoms with Crippen LogP contribution in [0.1, 0.15) is 45.5 Å². The lowest BCUT2D eigenvalue weighted by Crippen LogP contribution is -2.44. The molecule has 0 bridgehead atoms. The minimum absolute atomic E-state index is 0.0707. The maximum absolute atomic E-state index is 14.0. The van der Waals surface area contributed by atoms with Crippen molar-refractivity contribution in [2.45, 2.75) is 25.7 Å². The van der Waals surface area contributed by atoms with Crippen molar-refractivity contribution in [1.29, 1.82) is 0 Å². The van der Waals surface area contributed by atoms with Crippen molar-refractivity contribution < 1.29 is 32.9 Å². The molecule has 1 atom stereocenters. The number of carbonyl (C=O) groups excluding carboxylic acids is 3. The van der Waals surface area contributed by atoms with Crippen LogP contribution in [-0.4, -0.2) is 54.7 Å². The Morgan fingerprint density at radius 3 is 1.91 bits per heavy atom. The number of aryl methyl sites for hydroxylation is 1. The van der Waals surface area contributed by atoms with Crippen molar-refractivity contribution in [2.75, 3.05) is 32.1 Å². The predicted octanol–water partition coefficient (Wildman–Crippen LogP) is 11.2. The molecule has 1 unspecified atom stereocenters. The molecule has 11 heteroatoms. The van der Waals surface area contributed by atoms with Gasteiger partial charge in [0.25, 0.3) is 11.8 Å². The summed E-state index contributed by atoms with van der Waals surface area (Å²) in [7, 11) is -0.836. The lowest BCUT2D eigenvalue weighted by Gasteiger charge is -2.28. The van der Waals surface area contributed by atoms with Crippen LogP contribution in [0.4, 0.5) is 5.69 Å². The van der Waals surface area contributed by atoms with Gasteiger partial charge >= 0.3 is 7.82 Å². The van der Waals surface area contributed by atoms with Crippen LogP contribution in [0.5, 0.6) is 11.5 Å². The number of rotatable bonds is 11. The summed E-state index contributed by atoms with van der Waals surface area (Å²) in [6.07, 6.45) is 2.38. The topological polar surface area (TPSA) is 125 Å². The zero-order valence-electron chi connectivity index (χ0n) is 35.3. The molecule has 10 rings (SSSR count). The largest absolute Gasteiger partial charge is 0.584 e. The molecule has 0 radical (unpaired) electrons. The average Bonchev–Trinajstić information content (AvgIpc) is 3.43. The Kier molecular flexibility index (Phi) is 10.5. The zero-order chi connectivity index (χ0) is 44.1. The molecular formula is C53H44N3O7P. The second kappa shape index (κ2) is 16.5. The first-order chi connectivity index (χ1) is 31.1. The van der Waals surface area contributed by atoms with E-state index in [0.29, 0.717) is 58.0 Å². The highest BCUT2D eigenvalue weighted by Crippen LogP contribution is 2.61. The normalized spacial score (nSPS) is 15.3. The zero-order valence-corrected chi connectivity index (χ0v) is 36.2. The monoisotopic (exact) mass is 865 g/mol. The Morgan fingerprint density at radius 2 is 1.23 bits per heavy atom. The van der Waals surface area contributed by atoms with Crippen LogP contribution in [0.2, 0.25) is 0 Å². The molecule has 0 fully saturated rings. The van der Waals surface area contributed by atoms with Gasteiger partial charge in [0, 0.05) is 83.4 Å². The number of amides is 3. The minimum atomic E-state index is -4.69. The molecule has 0 aromatic heterocycles. The van der Waals surface area contributed by atoms with E-state index >= 15 is 0 Å². The molecule has 2 aliphatic heterocycles. The van der Waals surface area contributed by atoms with Gasteiger partial charge in [0.2, 0.25) is 5.91 Å². The van der Waals surface area contributed by atoms with Gasteiger partial charge in [-0.05, 0) is 87.8 Å². The molecule has 3 amide bonds. The van der Waals surface area contributed by atoms with Crippen molar-refractivity contribution in [2.24, 2.45) is 0 Å². The maximum Gasteiger partial charge on any atom is 0.584 e. The van der Waals surface area contributed by atoms with Gasteiger partial charge in [-0.25, -0.2) is 4.57 Å². The fraction of sp³-hybridized carbons (Fsp3) is 0.151. The number of carbonyl (C=O) groups is 3. The van der Waals surface area contributed by atoms with Crippen LogP contribution in [-0.2, 0) is 15.8 Å².